The second-order valence-corrected chi connectivity index (χ2v) is 2.61. The summed E-state index contributed by atoms with van der Waals surface area (Å²) in [5, 5.41) is 5.05. The number of hydrogen-bond donors (Lipinski definition) is 3. The van der Waals surface area contributed by atoms with Crippen LogP contribution in [0.25, 0.3) is 0 Å². The zero-order chi connectivity index (χ0) is 10.6. The number of anilines is 1. The highest BCUT2D eigenvalue weighted by atomic mass is 16.5. The number of methoxy groups -OCH3 is 1. The van der Waals surface area contributed by atoms with Gasteiger partial charge in [-0.1, -0.05) is 0 Å². The van der Waals surface area contributed by atoms with Crippen molar-refractivity contribution in [1.82, 2.24) is 9.78 Å². The molecule has 1 heterocycles. The fourth-order valence-corrected chi connectivity index (χ4v) is 0.922. The number of ether oxygens (including phenoxy) is 1. The Kier molecular flexibility index (Phi) is 3.29. The smallest absolute Gasteiger partial charge is 0.337 e. The molecule has 1 rings (SSSR count). The minimum atomic E-state index is -0.734. The lowest BCUT2D eigenvalue weighted by Gasteiger charge is -1.99. The number of aromatic amines is 1. The van der Waals surface area contributed by atoms with E-state index >= 15 is 0 Å². The highest BCUT2D eigenvalue weighted by Gasteiger charge is 2.05. The van der Waals surface area contributed by atoms with Gasteiger partial charge < -0.3 is 15.8 Å². The Labute approximate surface area is 79.8 Å². The number of primary amides is 1. The van der Waals surface area contributed by atoms with Crippen molar-refractivity contribution >= 4 is 11.7 Å². The third-order valence-electron chi connectivity index (χ3n) is 1.58. The number of nitrogens with one attached hydrogen (secondary N) is 2. The van der Waals surface area contributed by atoms with E-state index in [1.165, 1.54) is 6.20 Å². The van der Waals surface area contributed by atoms with Gasteiger partial charge in [-0.25, -0.2) is 9.48 Å². The molecule has 1 aromatic rings. The van der Waals surface area contributed by atoms with Crippen molar-refractivity contribution < 1.29 is 9.53 Å². The molecule has 0 spiro atoms. The van der Waals surface area contributed by atoms with Crippen molar-refractivity contribution in [2.24, 2.45) is 5.73 Å². The van der Waals surface area contributed by atoms with Gasteiger partial charge in [0.05, 0.1) is 12.8 Å². The molecule has 0 saturated carbocycles. The maximum absolute atomic E-state index is 11.2. The molecule has 4 N–H and O–H groups in total. The Bertz CT molecular complexity index is 367. The molecule has 0 aliphatic rings. The largest absolute Gasteiger partial charge is 0.383 e. The minimum Gasteiger partial charge on any atom is -0.383 e. The lowest BCUT2D eigenvalue weighted by atomic mass is 10.5. The Hall–Kier alpha value is -1.76. The van der Waals surface area contributed by atoms with Crippen LogP contribution in [0.4, 0.5) is 10.5 Å². The summed E-state index contributed by atoms with van der Waals surface area (Å²) in [5.41, 5.74) is 4.86. The molecule has 1 amide bonds. The minimum absolute atomic E-state index is 0.292. The van der Waals surface area contributed by atoms with Gasteiger partial charge in [0.15, 0.2) is 0 Å². The summed E-state index contributed by atoms with van der Waals surface area (Å²) in [6.07, 6.45) is 1.31. The van der Waals surface area contributed by atoms with Gasteiger partial charge in [-0.15, -0.1) is 0 Å². The first-order chi connectivity index (χ1) is 6.65. The third kappa shape index (κ3) is 2.36. The average Bonchev–Trinajstić information content (AvgIpc) is 2.49. The van der Waals surface area contributed by atoms with Crippen LogP contribution in [0.5, 0.6) is 0 Å². The summed E-state index contributed by atoms with van der Waals surface area (Å²) in [6, 6.07) is -0.734. The normalized spacial score (nSPS) is 10.1. The third-order valence-corrected chi connectivity index (χ3v) is 1.58. The predicted octanol–water partition coefficient (Wildman–Crippen LogP) is -0.838. The quantitative estimate of drug-likeness (QED) is 0.551. The monoisotopic (exact) mass is 200 g/mol. The lowest BCUT2D eigenvalue weighted by Crippen LogP contribution is -2.21. The molecule has 0 unspecified atom stereocenters. The van der Waals surface area contributed by atoms with Crippen LogP contribution in [0.2, 0.25) is 0 Å². The molecule has 7 heteroatoms. The highest BCUT2D eigenvalue weighted by Crippen LogP contribution is 1.95. The van der Waals surface area contributed by atoms with Gasteiger partial charge in [0, 0.05) is 13.7 Å². The topological polar surface area (TPSA) is 102 Å². The number of amides is 1. The van der Waals surface area contributed by atoms with Gasteiger partial charge >= 0.3 is 6.03 Å². The first-order valence-electron chi connectivity index (χ1n) is 3.99. The van der Waals surface area contributed by atoms with Gasteiger partial charge in [0.1, 0.15) is 5.69 Å². The van der Waals surface area contributed by atoms with Gasteiger partial charge in [0.25, 0.3) is 5.56 Å². The van der Waals surface area contributed by atoms with Crippen molar-refractivity contribution in [2.45, 2.75) is 0 Å². The van der Waals surface area contributed by atoms with Crippen LogP contribution in [-0.4, -0.2) is 36.1 Å². The summed E-state index contributed by atoms with van der Waals surface area (Å²) in [6.45, 7) is 0.962. The fraction of sp³-hybridized carbons (Fsp3) is 0.429. The molecule has 1 aromatic heterocycles. The van der Waals surface area contributed by atoms with Crippen molar-refractivity contribution in [3.05, 3.63) is 16.6 Å². The van der Waals surface area contributed by atoms with E-state index < -0.39 is 6.03 Å². The van der Waals surface area contributed by atoms with Crippen LogP contribution >= 0.6 is 0 Å². The van der Waals surface area contributed by atoms with E-state index in [0.29, 0.717) is 18.8 Å². The maximum atomic E-state index is 11.2. The number of carbonyl (C=O) groups is 1. The Morgan fingerprint density at radius 1 is 1.79 bits per heavy atom. The van der Waals surface area contributed by atoms with Crippen LogP contribution < -0.4 is 16.6 Å². The van der Waals surface area contributed by atoms with Crippen molar-refractivity contribution in [3.8, 4) is 0 Å². The van der Waals surface area contributed by atoms with Gasteiger partial charge in [-0.05, 0) is 0 Å². The summed E-state index contributed by atoms with van der Waals surface area (Å²) in [5.74, 6) is 0. The Morgan fingerprint density at radius 2 is 2.50 bits per heavy atom. The standard InChI is InChI=1S/C7H12N4O3/c1-14-3-2-9-5-4-11(7(8)13)10-6(5)12/h4,9H,2-3H2,1H3,(H2,8,13)(H,10,12). The van der Waals surface area contributed by atoms with Crippen LogP contribution in [0.1, 0.15) is 0 Å². The van der Waals surface area contributed by atoms with Crippen molar-refractivity contribution in [1.29, 1.82) is 0 Å². The lowest BCUT2D eigenvalue weighted by molar-refractivity contribution is 0.211. The number of aromatic nitrogens is 2. The van der Waals surface area contributed by atoms with E-state index in [0.717, 1.165) is 4.68 Å². The van der Waals surface area contributed by atoms with Crippen LogP contribution in [0.3, 0.4) is 0 Å². The molecule has 0 bridgehead atoms. The molecular weight excluding hydrogens is 188 g/mol. The number of nitrogens with two attached hydrogens (primary N) is 1. The molecule has 7 nitrogen and oxygen atoms in total. The molecular formula is C7H12N4O3. The fourth-order valence-electron chi connectivity index (χ4n) is 0.922. The zero-order valence-corrected chi connectivity index (χ0v) is 7.74. The molecule has 14 heavy (non-hydrogen) atoms. The van der Waals surface area contributed by atoms with Gasteiger partial charge in [0.2, 0.25) is 0 Å². The molecule has 0 aliphatic carbocycles. The Balaban J connectivity index is 2.68. The summed E-state index contributed by atoms with van der Waals surface area (Å²) >= 11 is 0. The number of rotatable bonds is 4. The molecule has 0 atom stereocenters. The van der Waals surface area contributed by atoms with E-state index in [9.17, 15) is 9.59 Å². The summed E-state index contributed by atoms with van der Waals surface area (Å²) in [4.78, 5) is 21.8. The number of hydrogen-bond acceptors (Lipinski definition) is 4. The number of H-pyrrole nitrogens is 1. The molecule has 0 saturated heterocycles. The summed E-state index contributed by atoms with van der Waals surface area (Å²) in [7, 11) is 1.56. The molecule has 0 aromatic carbocycles. The summed E-state index contributed by atoms with van der Waals surface area (Å²) < 4.78 is 5.70. The Morgan fingerprint density at radius 3 is 3.00 bits per heavy atom. The second kappa shape index (κ2) is 4.47. The molecule has 0 radical (unpaired) electrons. The SMILES string of the molecule is COCCNc1cn(C(N)=O)[nH]c1=O. The van der Waals surface area contributed by atoms with E-state index in [4.69, 9.17) is 10.5 Å². The van der Waals surface area contributed by atoms with E-state index in [1.54, 1.807) is 7.11 Å². The van der Waals surface area contributed by atoms with Gasteiger partial charge in [-0.2, -0.15) is 0 Å². The highest BCUT2D eigenvalue weighted by molar-refractivity contribution is 5.74. The van der Waals surface area contributed by atoms with E-state index in [2.05, 4.69) is 10.4 Å². The second-order valence-electron chi connectivity index (χ2n) is 2.61. The zero-order valence-electron chi connectivity index (χ0n) is 7.74. The number of carbonyl (C=O) groups excluding carboxylic acids is 1. The van der Waals surface area contributed by atoms with Crippen molar-refractivity contribution in [2.75, 3.05) is 25.6 Å². The van der Waals surface area contributed by atoms with Crippen LogP contribution in [0, 0.1) is 0 Å². The molecule has 0 aliphatic heterocycles. The molecule has 0 fully saturated rings. The van der Waals surface area contributed by atoms with Gasteiger partial charge in [-0.3, -0.25) is 9.89 Å². The van der Waals surface area contributed by atoms with Crippen LogP contribution in [0.15, 0.2) is 11.0 Å². The van der Waals surface area contributed by atoms with E-state index in [1.807, 2.05) is 0 Å². The van der Waals surface area contributed by atoms with E-state index in [-0.39, 0.29) is 5.56 Å². The predicted molar refractivity (Wildman–Crippen MR) is 50.4 cm³/mol. The van der Waals surface area contributed by atoms with Crippen molar-refractivity contribution in [3.63, 3.8) is 0 Å². The first kappa shape index (κ1) is 10.3. The number of nitrogens with zero attached hydrogens (tertiary/aromatic N) is 1. The molecule has 78 valence electrons. The van der Waals surface area contributed by atoms with Crippen LogP contribution in [-0.2, 0) is 4.74 Å². The average molecular weight is 200 g/mol. The maximum Gasteiger partial charge on any atom is 0.337 e. The first-order valence-corrected chi connectivity index (χ1v) is 3.99.